The van der Waals surface area contributed by atoms with Crippen LogP contribution in [0.2, 0.25) is 0 Å². The molecular weight excluding hydrogens is 414 g/mol. The lowest BCUT2D eigenvalue weighted by molar-refractivity contribution is -0.861. The molecule has 2 unspecified atom stereocenters. The number of nitrogens with one attached hydrogen (secondary N) is 1. The number of allylic oxidation sites excluding steroid dienone is 4. The molecule has 6 heteroatoms. The quantitative estimate of drug-likeness (QED) is 0.471. The Bertz CT molecular complexity index is 889. The molecule has 0 radical (unpaired) electrons. The summed E-state index contributed by atoms with van der Waals surface area (Å²) in [5, 5.41) is 9.87. The Morgan fingerprint density at radius 2 is 2.00 bits per heavy atom. The van der Waals surface area contributed by atoms with Crippen molar-refractivity contribution in [1.82, 2.24) is 4.90 Å². The van der Waals surface area contributed by atoms with Crippen LogP contribution in [0.1, 0.15) is 45.3 Å². The van der Waals surface area contributed by atoms with Crippen LogP contribution in [0.25, 0.3) is 6.08 Å². The van der Waals surface area contributed by atoms with Gasteiger partial charge in [-0.3, -0.25) is 4.90 Å². The first-order valence-corrected chi connectivity index (χ1v) is 13.1. The normalized spacial score (nSPS) is 24.1. The number of aromatic nitrogens is 1. The number of hydrogen-bond acceptors (Lipinski definition) is 4. The smallest absolute Gasteiger partial charge is 0.261 e. The van der Waals surface area contributed by atoms with Gasteiger partial charge in [-0.1, -0.05) is 34.9 Å². The molecule has 3 heterocycles. The zero-order valence-corrected chi connectivity index (χ0v) is 20.8. The molecule has 0 fully saturated rings. The van der Waals surface area contributed by atoms with E-state index in [1.165, 1.54) is 32.7 Å². The van der Waals surface area contributed by atoms with Gasteiger partial charge in [0.15, 0.2) is 11.1 Å². The predicted octanol–water partition coefficient (Wildman–Crippen LogP) is 4.91. The van der Waals surface area contributed by atoms with Gasteiger partial charge in [0.05, 0.1) is 17.0 Å². The molecule has 0 saturated carbocycles. The van der Waals surface area contributed by atoms with Gasteiger partial charge in [-0.25, -0.2) is 0 Å². The van der Waals surface area contributed by atoms with Crippen molar-refractivity contribution in [2.75, 3.05) is 13.1 Å². The summed E-state index contributed by atoms with van der Waals surface area (Å²) >= 11 is 5.60. The molecule has 0 aliphatic carbocycles. The highest BCUT2D eigenvalue weighted by Gasteiger charge is 2.31. The molecule has 3 rings (SSSR count). The summed E-state index contributed by atoms with van der Waals surface area (Å²) in [5.74, 6) is 0. The van der Waals surface area contributed by atoms with Crippen molar-refractivity contribution < 1.29 is 9.47 Å². The fourth-order valence-corrected chi connectivity index (χ4v) is 7.06. The number of nitrogens with zero attached hydrogens (tertiary/aromatic N) is 2. The summed E-state index contributed by atoms with van der Waals surface area (Å²) < 4.78 is 2.38. The summed E-state index contributed by atoms with van der Waals surface area (Å²) in [4.78, 5) is 3.93. The average molecular weight is 448 g/mol. The van der Waals surface area contributed by atoms with Crippen LogP contribution in [-0.2, 0) is 6.54 Å². The molecule has 3 nitrogen and oxygen atoms in total. The zero-order chi connectivity index (χ0) is 21.0. The van der Waals surface area contributed by atoms with E-state index in [2.05, 4.69) is 91.5 Å². The summed E-state index contributed by atoms with van der Waals surface area (Å²) in [7, 11) is 0. The fraction of sp³-hybridized carbons (Fsp3) is 0.435. The molecular formula is C23H33N3S3+2. The molecule has 0 amide bonds. The Hall–Kier alpha value is -1.21. The highest BCUT2D eigenvalue weighted by atomic mass is 32.2. The van der Waals surface area contributed by atoms with E-state index in [-0.39, 0.29) is 0 Å². The Morgan fingerprint density at radius 1 is 1.21 bits per heavy atom. The van der Waals surface area contributed by atoms with Gasteiger partial charge >= 0.3 is 0 Å². The first kappa shape index (κ1) is 22.5. The van der Waals surface area contributed by atoms with Crippen molar-refractivity contribution in [2.45, 2.75) is 53.5 Å². The Labute approximate surface area is 188 Å². The van der Waals surface area contributed by atoms with Gasteiger partial charge in [0.2, 0.25) is 0 Å². The molecule has 2 aliphatic rings. The second-order valence-corrected chi connectivity index (χ2v) is 10.0. The standard InChI is InChI=1S/C23H32N3S3/c1-7-24-17(4)14-27-21(24)12-10-20(23-26(9-3)19(6)16-29-23)11-13-22-25(8-2)18(5)15-28-22/h10-16,23H,7-9H2,1-6H3/q+1/p+1. The summed E-state index contributed by atoms with van der Waals surface area (Å²) in [6.45, 7) is 16.5. The van der Waals surface area contributed by atoms with Crippen LogP contribution in [-0.4, -0.2) is 23.4 Å². The van der Waals surface area contributed by atoms with Crippen LogP contribution in [0.5, 0.6) is 0 Å². The summed E-state index contributed by atoms with van der Waals surface area (Å²) in [6, 6.07) is 0. The first-order valence-electron chi connectivity index (χ1n) is 10.4. The second-order valence-electron chi connectivity index (χ2n) is 7.28. The van der Waals surface area contributed by atoms with Crippen molar-refractivity contribution in [3.8, 4) is 0 Å². The third-order valence-corrected chi connectivity index (χ3v) is 8.87. The molecule has 29 heavy (non-hydrogen) atoms. The van der Waals surface area contributed by atoms with Gasteiger partial charge in [-0.05, 0) is 51.3 Å². The summed E-state index contributed by atoms with van der Waals surface area (Å²) in [6.07, 6.45) is 9.28. The largest absolute Gasteiger partial charge is 0.340 e. The number of aryl methyl sites for hydroxylation is 1. The van der Waals surface area contributed by atoms with E-state index in [1.54, 1.807) is 4.90 Å². The maximum Gasteiger partial charge on any atom is 0.261 e. The van der Waals surface area contributed by atoms with Crippen molar-refractivity contribution in [3.63, 3.8) is 0 Å². The van der Waals surface area contributed by atoms with E-state index in [4.69, 9.17) is 0 Å². The molecule has 0 aromatic carbocycles. The van der Waals surface area contributed by atoms with E-state index in [0.29, 0.717) is 5.37 Å². The topological polar surface area (TPSA) is 11.6 Å². The van der Waals surface area contributed by atoms with Crippen molar-refractivity contribution in [3.05, 3.63) is 67.1 Å². The minimum Gasteiger partial charge on any atom is -0.340 e. The maximum absolute atomic E-state index is 2.38. The minimum atomic E-state index is 0.416. The number of hydrogen-bond donors (Lipinski definition) is 1. The van der Waals surface area contributed by atoms with Crippen LogP contribution in [0.3, 0.4) is 0 Å². The molecule has 1 N–H and O–H groups in total. The lowest BCUT2D eigenvalue weighted by Crippen LogP contribution is -3.11. The minimum absolute atomic E-state index is 0.416. The van der Waals surface area contributed by atoms with Gasteiger partial charge in [0, 0.05) is 43.1 Å². The fourth-order valence-electron chi connectivity index (χ4n) is 3.81. The molecule has 1 aromatic rings. The molecule has 156 valence electrons. The van der Waals surface area contributed by atoms with E-state index < -0.39 is 0 Å². The number of thioether (sulfide) groups is 2. The van der Waals surface area contributed by atoms with Gasteiger partial charge in [-0.15, -0.1) is 0 Å². The number of quaternary nitrogens is 1. The third-order valence-electron chi connectivity index (χ3n) is 5.44. The number of thiazole rings is 1. The highest BCUT2D eigenvalue weighted by molar-refractivity contribution is 8.06. The zero-order valence-electron chi connectivity index (χ0n) is 18.4. The van der Waals surface area contributed by atoms with Crippen LogP contribution in [0, 0.1) is 6.92 Å². The molecule has 0 saturated heterocycles. The van der Waals surface area contributed by atoms with Gasteiger partial charge in [0.1, 0.15) is 12.2 Å². The monoisotopic (exact) mass is 447 g/mol. The lowest BCUT2D eigenvalue weighted by atomic mass is 10.2. The Kier molecular flexibility index (Phi) is 7.91. The van der Waals surface area contributed by atoms with Crippen molar-refractivity contribution in [1.29, 1.82) is 0 Å². The number of likely N-dealkylation sites (N-methyl/N-ethyl adjacent to an activating group) is 1. The molecule has 2 atom stereocenters. The average Bonchev–Trinajstić information content (AvgIpc) is 3.38. The van der Waals surface area contributed by atoms with Crippen LogP contribution in [0.15, 0.2) is 56.4 Å². The first-order chi connectivity index (χ1) is 14.0. The Morgan fingerprint density at radius 3 is 2.69 bits per heavy atom. The van der Waals surface area contributed by atoms with E-state index >= 15 is 0 Å². The Balaban J connectivity index is 1.93. The SMILES string of the molecule is CCN1C(C)=CS\C1=C/C=C(/C=C/c1scc(C)[n+]1CC)C1SC=C(C)[NH+]1CC. The lowest BCUT2D eigenvalue weighted by Gasteiger charge is -2.22. The molecule has 1 aromatic heterocycles. The molecule has 2 aliphatic heterocycles. The third kappa shape index (κ3) is 4.93. The van der Waals surface area contributed by atoms with Crippen molar-refractivity contribution >= 4 is 40.9 Å². The van der Waals surface area contributed by atoms with Crippen LogP contribution in [0.4, 0.5) is 0 Å². The molecule has 0 spiro atoms. The van der Waals surface area contributed by atoms with Gasteiger partial charge < -0.3 is 4.90 Å². The van der Waals surface area contributed by atoms with Gasteiger partial charge in [0.25, 0.3) is 5.01 Å². The second kappa shape index (κ2) is 10.2. The summed E-state index contributed by atoms with van der Waals surface area (Å²) in [5.41, 5.74) is 5.48. The predicted molar refractivity (Wildman–Crippen MR) is 130 cm³/mol. The van der Waals surface area contributed by atoms with Crippen LogP contribution >= 0.6 is 34.9 Å². The van der Waals surface area contributed by atoms with Crippen LogP contribution < -0.4 is 9.47 Å². The number of rotatable bonds is 7. The molecule has 0 bridgehead atoms. The van der Waals surface area contributed by atoms with E-state index in [9.17, 15) is 0 Å². The van der Waals surface area contributed by atoms with E-state index in [1.807, 2.05) is 34.9 Å². The maximum atomic E-state index is 2.38. The highest BCUT2D eigenvalue weighted by Crippen LogP contribution is 2.34. The van der Waals surface area contributed by atoms with Crippen molar-refractivity contribution in [2.24, 2.45) is 0 Å². The van der Waals surface area contributed by atoms with E-state index in [0.717, 1.165) is 19.6 Å². The van der Waals surface area contributed by atoms with Gasteiger partial charge in [-0.2, -0.15) is 4.57 Å².